The number of urea groups is 1. The summed E-state index contributed by atoms with van der Waals surface area (Å²) in [6.07, 6.45) is 2.06. The molecule has 6 nitrogen and oxygen atoms in total. The molecule has 21 heavy (non-hydrogen) atoms. The third-order valence-electron chi connectivity index (χ3n) is 3.31. The molecule has 110 valence electrons. The van der Waals surface area contributed by atoms with E-state index >= 15 is 0 Å². The fourth-order valence-corrected chi connectivity index (χ4v) is 2.15. The van der Waals surface area contributed by atoms with Gasteiger partial charge in [0.25, 0.3) is 0 Å². The highest BCUT2D eigenvalue weighted by Crippen LogP contribution is 2.28. The molecule has 0 aromatic heterocycles. The molecule has 0 unspecified atom stereocenters. The number of benzene rings is 1. The van der Waals surface area contributed by atoms with Crippen LogP contribution < -0.4 is 5.32 Å². The van der Waals surface area contributed by atoms with Crippen molar-refractivity contribution >= 4 is 17.7 Å². The van der Waals surface area contributed by atoms with E-state index in [1.807, 2.05) is 6.07 Å². The summed E-state index contributed by atoms with van der Waals surface area (Å²) < 4.78 is 0. The largest absolute Gasteiger partial charge is 0.481 e. The van der Waals surface area contributed by atoms with Crippen molar-refractivity contribution < 1.29 is 14.7 Å². The Morgan fingerprint density at radius 2 is 2.10 bits per heavy atom. The minimum Gasteiger partial charge on any atom is -0.481 e. The second kappa shape index (κ2) is 6.75. The number of carbonyl (C=O) groups is 2. The van der Waals surface area contributed by atoms with Crippen LogP contribution in [-0.2, 0) is 11.2 Å². The van der Waals surface area contributed by atoms with Crippen LogP contribution in [0.15, 0.2) is 24.3 Å². The molecule has 0 saturated heterocycles. The zero-order valence-corrected chi connectivity index (χ0v) is 11.6. The van der Waals surface area contributed by atoms with Gasteiger partial charge < -0.3 is 15.3 Å². The van der Waals surface area contributed by atoms with Gasteiger partial charge in [0, 0.05) is 18.3 Å². The Morgan fingerprint density at radius 1 is 1.38 bits per heavy atom. The molecule has 6 heteroatoms. The lowest BCUT2D eigenvalue weighted by Crippen LogP contribution is -2.37. The van der Waals surface area contributed by atoms with Gasteiger partial charge in [-0.2, -0.15) is 5.26 Å². The van der Waals surface area contributed by atoms with E-state index in [1.165, 1.54) is 0 Å². The fourth-order valence-electron chi connectivity index (χ4n) is 2.15. The van der Waals surface area contributed by atoms with E-state index in [2.05, 4.69) is 5.32 Å². The molecule has 2 amide bonds. The molecule has 2 rings (SSSR count). The monoisotopic (exact) mass is 287 g/mol. The average Bonchev–Trinajstić information content (AvgIpc) is 3.25. The SMILES string of the molecule is N#CCCN(C(=O)Nc1ccccc1CC(=O)O)C1CC1. The maximum absolute atomic E-state index is 12.3. The molecule has 0 aliphatic heterocycles. The second-order valence-electron chi connectivity index (χ2n) is 4.99. The van der Waals surface area contributed by atoms with E-state index in [0.717, 1.165) is 12.8 Å². The van der Waals surface area contributed by atoms with E-state index in [1.54, 1.807) is 29.2 Å². The summed E-state index contributed by atoms with van der Waals surface area (Å²) in [5.74, 6) is -0.944. The predicted molar refractivity (Wildman–Crippen MR) is 76.8 cm³/mol. The van der Waals surface area contributed by atoms with Crippen LogP contribution in [0.5, 0.6) is 0 Å². The molecular weight excluding hydrogens is 270 g/mol. The standard InChI is InChI=1S/C15H17N3O3/c16-8-3-9-18(12-6-7-12)15(21)17-13-5-2-1-4-11(13)10-14(19)20/h1-2,4-5,12H,3,6-7,9-10H2,(H,17,21)(H,19,20). The summed E-state index contributed by atoms with van der Waals surface area (Å²) in [7, 11) is 0. The van der Waals surface area contributed by atoms with Crippen LogP contribution in [0.3, 0.4) is 0 Å². The number of rotatable bonds is 6. The number of nitriles is 1. The van der Waals surface area contributed by atoms with Crippen molar-refractivity contribution in [2.24, 2.45) is 0 Å². The maximum atomic E-state index is 12.3. The van der Waals surface area contributed by atoms with Gasteiger partial charge in [0.05, 0.1) is 18.9 Å². The summed E-state index contributed by atoms with van der Waals surface area (Å²) in [4.78, 5) is 24.8. The molecule has 1 fully saturated rings. The van der Waals surface area contributed by atoms with Crippen molar-refractivity contribution in [1.82, 2.24) is 4.90 Å². The molecule has 1 aromatic rings. The molecule has 1 saturated carbocycles. The molecule has 1 aliphatic rings. The molecule has 0 heterocycles. The highest BCUT2D eigenvalue weighted by atomic mass is 16.4. The van der Waals surface area contributed by atoms with Crippen LogP contribution in [0.4, 0.5) is 10.5 Å². The van der Waals surface area contributed by atoms with Gasteiger partial charge in [-0.1, -0.05) is 18.2 Å². The van der Waals surface area contributed by atoms with Crippen molar-refractivity contribution in [3.05, 3.63) is 29.8 Å². The minimum atomic E-state index is -0.944. The van der Waals surface area contributed by atoms with Crippen LogP contribution in [0, 0.1) is 11.3 Å². The number of aliphatic carboxylic acids is 1. The Balaban J connectivity index is 2.07. The highest BCUT2D eigenvalue weighted by Gasteiger charge is 2.32. The first-order valence-electron chi connectivity index (χ1n) is 6.86. The Kier molecular flexibility index (Phi) is 4.77. The number of hydrogen-bond acceptors (Lipinski definition) is 3. The highest BCUT2D eigenvalue weighted by molar-refractivity contribution is 5.91. The Hall–Kier alpha value is -2.55. The molecule has 1 aliphatic carbocycles. The van der Waals surface area contributed by atoms with Crippen LogP contribution in [0.1, 0.15) is 24.8 Å². The van der Waals surface area contributed by atoms with E-state index in [4.69, 9.17) is 10.4 Å². The Labute approximate surface area is 123 Å². The van der Waals surface area contributed by atoms with Gasteiger partial charge in [0.2, 0.25) is 0 Å². The number of nitrogens with one attached hydrogen (secondary N) is 1. The summed E-state index contributed by atoms with van der Waals surface area (Å²) in [5, 5.41) is 20.3. The molecule has 0 spiro atoms. The fraction of sp³-hybridized carbons (Fsp3) is 0.400. The van der Waals surface area contributed by atoms with E-state index in [9.17, 15) is 9.59 Å². The lowest BCUT2D eigenvalue weighted by atomic mass is 10.1. The lowest BCUT2D eigenvalue weighted by molar-refractivity contribution is -0.136. The molecule has 0 bridgehead atoms. The first-order valence-corrected chi connectivity index (χ1v) is 6.86. The van der Waals surface area contributed by atoms with Gasteiger partial charge in [-0.15, -0.1) is 0 Å². The van der Waals surface area contributed by atoms with Crippen molar-refractivity contribution in [2.75, 3.05) is 11.9 Å². The first kappa shape index (κ1) is 14.9. The van der Waals surface area contributed by atoms with Crippen molar-refractivity contribution in [3.8, 4) is 6.07 Å². The topological polar surface area (TPSA) is 93.4 Å². The van der Waals surface area contributed by atoms with Gasteiger partial charge >= 0.3 is 12.0 Å². The first-order chi connectivity index (χ1) is 10.1. The summed E-state index contributed by atoms with van der Waals surface area (Å²) in [5.41, 5.74) is 1.07. The van der Waals surface area contributed by atoms with Crippen LogP contribution >= 0.6 is 0 Å². The number of carboxylic acids is 1. The van der Waals surface area contributed by atoms with E-state index in [-0.39, 0.29) is 18.5 Å². The number of para-hydroxylation sites is 1. The zero-order valence-electron chi connectivity index (χ0n) is 11.6. The summed E-state index contributed by atoms with van der Waals surface area (Å²) >= 11 is 0. The van der Waals surface area contributed by atoms with Crippen LogP contribution in [0.25, 0.3) is 0 Å². The number of hydrogen-bond donors (Lipinski definition) is 2. The molecule has 2 N–H and O–H groups in total. The average molecular weight is 287 g/mol. The molecular formula is C15H17N3O3. The quantitative estimate of drug-likeness (QED) is 0.839. The third kappa shape index (κ3) is 4.21. The van der Waals surface area contributed by atoms with Crippen LogP contribution in [0.2, 0.25) is 0 Å². The lowest BCUT2D eigenvalue weighted by Gasteiger charge is -2.22. The number of carbonyl (C=O) groups excluding carboxylic acids is 1. The molecule has 1 aromatic carbocycles. The number of nitrogens with zero attached hydrogens (tertiary/aromatic N) is 2. The summed E-state index contributed by atoms with van der Waals surface area (Å²) in [6.45, 7) is 0.397. The van der Waals surface area contributed by atoms with Gasteiger partial charge in [-0.25, -0.2) is 4.79 Å². The Bertz CT molecular complexity index is 576. The zero-order chi connectivity index (χ0) is 15.2. The predicted octanol–water partition coefficient (Wildman–Crippen LogP) is 2.22. The normalized spacial score (nSPS) is 13.3. The Morgan fingerprint density at radius 3 is 2.71 bits per heavy atom. The number of anilines is 1. The third-order valence-corrected chi connectivity index (χ3v) is 3.31. The second-order valence-corrected chi connectivity index (χ2v) is 4.99. The van der Waals surface area contributed by atoms with Gasteiger partial charge in [-0.3, -0.25) is 4.79 Å². The minimum absolute atomic E-state index is 0.141. The van der Waals surface area contributed by atoms with E-state index in [0.29, 0.717) is 24.2 Å². The number of carboxylic acid groups (broad SMARTS) is 1. The van der Waals surface area contributed by atoms with E-state index < -0.39 is 5.97 Å². The van der Waals surface area contributed by atoms with Gasteiger partial charge in [0.15, 0.2) is 0 Å². The van der Waals surface area contributed by atoms with Crippen LogP contribution in [-0.4, -0.2) is 34.6 Å². The number of amides is 2. The van der Waals surface area contributed by atoms with Crippen molar-refractivity contribution in [2.45, 2.75) is 31.7 Å². The summed E-state index contributed by atoms with van der Waals surface area (Å²) in [6, 6.07) is 8.82. The van der Waals surface area contributed by atoms with Crippen molar-refractivity contribution in [1.29, 1.82) is 5.26 Å². The molecule has 0 radical (unpaired) electrons. The maximum Gasteiger partial charge on any atom is 0.322 e. The molecule has 0 atom stereocenters. The van der Waals surface area contributed by atoms with Crippen molar-refractivity contribution in [3.63, 3.8) is 0 Å². The van der Waals surface area contributed by atoms with Gasteiger partial charge in [0.1, 0.15) is 0 Å². The smallest absolute Gasteiger partial charge is 0.322 e. The van der Waals surface area contributed by atoms with Gasteiger partial charge in [-0.05, 0) is 24.5 Å².